The van der Waals surface area contributed by atoms with Gasteiger partial charge in [-0.1, -0.05) is 85.0 Å². The molecule has 0 unspecified atom stereocenters. The smallest absolute Gasteiger partial charge is 0.107 e. The highest BCUT2D eigenvalue weighted by atomic mass is 28.3. The maximum absolute atomic E-state index is 4.56. The van der Waals surface area contributed by atoms with Gasteiger partial charge in [0.25, 0.3) is 0 Å². The lowest BCUT2D eigenvalue weighted by Crippen LogP contribution is -2.40. The topological polar surface area (TPSA) is 30.7 Å². The molecule has 23 heavy (non-hydrogen) atoms. The van der Waals surface area contributed by atoms with Crippen molar-refractivity contribution in [2.45, 2.75) is 33.1 Å². The Bertz CT molecular complexity index is 801. The van der Waals surface area contributed by atoms with Crippen molar-refractivity contribution >= 4 is 13.4 Å². The van der Waals surface area contributed by atoms with Crippen LogP contribution >= 0.6 is 0 Å². The van der Waals surface area contributed by atoms with E-state index in [1.807, 2.05) is 6.07 Å². The summed E-state index contributed by atoms with van der Waals surface area (Å²) >= 11 is 0. The highest BCUT2D eigenvalue weighted by Crippen LogP contribution is 2.20. The second-order valence-electron chi connectivity index (χ2n) is 7.05. The van der Waals surface area contributed by atoms with Crippen LogP contribution in [0, 0.1) is 6.92 Å². The standard InChI is InChI=1S/C19H23N3Si/c1-15-9-8-10-16(13-15)14-22-18(17-11-6-5-7-12-17)19(20-21-22)23(2,3)4/h5-13H,14H2,1-4H3. The Balaban J connectivity index is 2.09. The summed E-state index contributed by atoms with van der Waals surface area (Å²) in [5, 5.41) is 10.2. The molecule has 0 radical (unpaired) electrons. The van der Waals surface area contributed by atoms with Gasteiger partial charge < -0.3 is 0 Å². The van der Waals surface area contributed by atoms with Crippen molar-refractivity contribution in [3.05, 3.63) is 65.7 Å². The summed E-state index contributed by atoms with van der Waals surface area (Å²) in [5.41, 5.74) is 4.90. The molecule has 0 aliphatic heterocycles. The van der Waals surface area contributed by atoms with E-state index in [9.17, 15) is 0 Å². The van der Waals surface area contributed by atoms with Gasteiger partial charge >= 0.3 is 0 Å². The summed E-state index contributed by atoms with van der Waals surface area (Å²) in [7, 11) is -1.56. The van der Waals surface area contributed by atoms with Gasteiger partial charge in [-0.3, -0.25) is 0 Å². The second-order valence-corrected chi connectivity index (χ2v) is 12.0. The molecule has 0 N–H and O–H groups in total. The molecule has 0 bridgehead atoms. The van der Waals surface area contributed by atoms with Crippen molar-refractivity contribution in [1.29, 1.82) is 0 Å². The Morgan fingerprint density at radius 1 is 0.957 bits per heavy atom. The maximum atomic E-state index is 4.56. The number of nitrogens with zero attached hydrogens (tertiary/aromatic N) is 3. The van der Waals surface area contributed by atoms with Gasteiger partial charge in [0, 0.05) is 5.56 Å². The molecule has 0 amide bonds. The van der Waals surface area contributed by atoms with Gasteiger partial charge in [0.15, 0.2) is 0 Å². The second kappa shape index (κ2) is 6.12. The van der Waals surface area contributed by atoms with Crippen LogP contribution in [0.2, 0.25) is 19.6 Å². The van der Waals surface area contributed by atoms with Gasteiger partial charge in [-0.15, -0.1) is 5.10 Å². The molecular formula is C19H23N3Si. The molecule has 1 heterocycles. The molecule has 0 aliphatic carbocycles. The number of rotatable bonds is 4. The van der Waals surface area contributed by atoms with Crippen LogP contribution in [0.3, 0.4) is 0 Å². The third kappa shape index (κ3) is 3.42. The van der Waals surface area contributed by atoms with E-state index in [1.165, 1.54) is 27.7 Å². The Morgan fingerprint density at radius 3 is 2.35 bits per heavy atom. The van der Waals surface area contributed by atoms with E-state index < -0.39 is 8.07 Å². The van der Waals surface area contributed by atoms with Crippen molar-refractivity contribution in [3.8, 4) is 11.3 Å². The van der Waals surface area contributed by atoms with Crippen LogP contribution in [0.1, 0.15) is 11.1 Å². The third-order valence-electron chi connectivity index (χ3n) is 3.91. The summed E-state index contributed by atoms with van der Waals surface area (Å²) in [5.74, 6) is 0. The molecule has 3 aromatic rings. The number of aryl methyl sites for hydroxylation is 1. The molecule has 3 rings (SSSR count). The first-order valence-electron chi connectivity index (χ1n) is 8.00. The molecule has 118 valence electrons. The summed E-state index contributed by atoms with van der Waals surface area (Å²) in [4.78, 5) is 0. The first-order valence-corrected chi connectivity index (χ1v) is 11.5. The summed E-state index contributed by atoms with van der Waals surface area (Å²) in [6.07, 6.45) is 0. The Kier molecular flexibility index (Phi) is 4.18. The van der Waals surface area contributed by atoms with Crippen molar-refractivity contribution in [1.82, 2.24) is 15.0 Å². The Morgan fingerprint density at radius 2 is 1.70 bits per heavy atom. The van der Waals surface area contributed by atoms with Crippen LogP contribution in [-0.4, -0.2) is 23.1 Å². The minimum absolute atomic E-state index is 0.753. The van der Waals surface area contributed by atoms with E-state index in [1.54, 1.807) is 0 Å². The Labute approximate surface area is 139 Å². The lowest BCUT2D eigenvalue weighted by Gasteiger charge is -2.16. The molecule has 3 nitrogen and oxygen atoms in total. The summed E-state index contributed by atoms with van der Waals surface area (Å²) in [6.45, 7) is 9.83. The number of hydrogen-bond donors (Lipinski definition) is 0. The predicted molar refractivity (Wildman–Crippen MR) is 98.7 cm³/mol. The molecular weight excluding hydrogens is 298 g/mol. The number of benzene rings is 2. The third-order valence-corrected chi connectivity index (χ3v) is 5.67. The van der Waals surface area contributed by atoms with Gasteiger partial charge in [0.2, 0.25) is 0 Å². The highest BCUT2D eigenvalue weighted by molar-refractivity contribution is 6.89. The average molecular weight is 322 g/mol. The molecule has 2 aromatic carbocycles. The fraction of sp³-hybridized carbons (Fsp3) is 0.263. The van der Waals surface area contributed by atoms with Crippen molar-refractivity contribution in [3.63, 3.8) is 0 Å². The summed E-state index contributed by atoms with van der Waals surface area (Å²) in [6, 6.07) is 19.1. The fourth-order valence-electron chi connectivity index (χ4n) is 2.79. The Hall–Kier alpha value is -2.20. The quantitative estimate of drug-likeness (QED) is 0.683. The molecule has 0 saturated carbocycles. The normalized spacial score (nSPS) is 11.7. The first-order chi connectivity index (χ1) is 10.9. The van der Waals surface area contributed by atoms with Crippen LogP contribution < -0.4 is 5.32 Å². The molecule has 0 aliphatic rings. The minimum Gasteiger partial charge on any atom is -0.240 e. The lowest BCUT2D eigenvalue weighted by atomic mass is 10.1. The van der Waals surface area contributed by atoms with E-state index in [-0.39, 0.29) is 0 Å². The van der Waals surface area contributed by atoms with E-state index in [4.69, 9.17) is 0 Å². The van der Waals surface area contributed by atoms with Gasteiger partial charge in [0.05, 0.1) is 17.6 Å². The lowest BCUT2D eigenvalue weighted by molar-refractivity contribution is 0.655. The maximum Gasteiger partial charge on any atom is 0.107 e. The zero-order chi connectivity index (χ0) is 16.4. The van der Waals surface area contributed by atoms with Gasteiger partial charge in [-0.2, -0.15) is 0 Å². The van der Waals surface area contributed by atoms with Gasteiger partial charge in [-0.05, 0) is 12.5 Å². The van der Waals surface area contributed by atoms with E-state index in [2.05, 4.69) is 90.1 Å². The number of hydrogen-bond acceptors (Lipinski definition) is 2. The molecule has 0 spiro atoms. The fourth-order valence-corrected chi connectivity index (χ4v) is 4.12. The van der Waals surface area contributed by atoms with E-state index in [0.717, 1.165) is 6.54 Å². The van der Waals surface area contributed by atoms with Crippen LogP contribution in [0.25, 0.3) is 11.3 Å². The summed E-state index contributed by atoms with van der Waals surface area (Å²) < 4.78 is 2.05. The van der Waals surface area contributed by atoms with Gasteiger partial charge in [0.1, 0.15) is 8.07 Å². The van der Waals surface area contributed by atoms with Crippen LogP contribution in [0.15, 0.2) is 54.6 Å². The average Bonchev–Trinajstić information content (AvgIpc) is 2.92. The van der Waals surface area contributed by atoms with E-state index in [0.29, 0.717) is 0 Å². The van der Waals surface area contributed by atoms with Crippen LogP contribution in [0.5, 0.6) is 0 Å². The zero-order valence-electron chi connectivity index (χ0n) is 14.2. The first kappa shape index (κ1) is 15.7. The van der Waals surface area contributed by atoms with Crippen molar-refractivity contribution < 1.29 is 0 Å². The predicted octanol–water partition coefficient (Wildman–Crippen LogP) is 3.85. The SMILES string of the molecule is Cc1cccc(Cn2nnc([Si](C)(C)C)c2-c2ccccc2)c1. The minimum atomic E-state index is -1.56. The molecule has 0 atom stereocenters. The molecule has 0 fully saturated rings. The van der Waals surface area contributed by atoms with Crippen molar-refractivity contribution in [2.24, 2.45) is 0 Å². The zero-order valence-corrected chi connectivity index (χ0v) is 15.2. The van der Waals surface area contributed by atoms with Gasteiger partial charge in [-0.25, -0.2) is 4.68 Å². The molecule has 1 aromatic heterocycles. The largest absolute Gasteiger partial charge is 0.240 e. The highest BCUT2D eigenvalue weighted by Gasteiger charge is 2.27. The molecule has 4 heteroatoms. The molecule has 0 saturated heterocycles. The van der Waals surface area contributed by atoms with Crippen LogP contribution in [-0.2, 0) is 6.54 Å². The van der Waals surface area contributed by atoms with Crippen LogP contribution in [0.4, 0.5) is 0 Å². The number of aromatic nitrogens is 3. The monoisotopic (exact) mass is 321 g/mol. The van der Waals surface area contributed by atoms with E-state index >= 15 is 0 Å². The van der Waals surface area contributed by atoms with Crippen molar-refractivity contribution in [2.75, 3.05) is 0 Å².